The van der Waals surface area contributed by atoms with Crippen molar-refractivity contribution >= 4 is 33.3 Å². The third kappa shape index (κ3) is 9.91. The van der Waals surface area contributed by atoms with Gasteiger partial charge in [0.1, 0.15) is 11.6 Å². The summed E-state index contributed by atoms with van der Waals surface area (Å²) in [4.78, 5) is 30.4. The Morgan fingerprint density at radius 1 is 1.06 bits per heavy atom. The molecule has 3 aromatic carbocycles. The fourth-order valence-corrected chi connectivity index (χ4v) is 6.44. The third-order valence-electron chi connectivity index (χ3n) is 8.25. The van der Waals surface area contributed by atoms with E-state index in [0.29, 0.717) is 24.5 Å². The summed E-state index contributed by atoms with van der Waals surface area (Å²) in [6, 6.07) is 17.0. The quantitative estimate of drug-likeness (QED) is 0.282. The van der Waals surface area contributed by atoms with Gasteiger partial charge in [0.2, 0.25) is 0 Å². The van der Waals surface area contributed by atoms with Gasteiger partial charge in [-0.05, 0) is 87.7 Å². The Morgan fingerprint density at radius 3 is 2.44 bits per heavy atom. The lowest BCUT2D eigenvalue weighted by Crippen LogP contribution is -2.48. The van der Waals surface area contributed by atoms with Crippen molar-refractivity contribution < 1.29 is 37.0 Å². The van der Waals surface area contributed by atoms with Crippen LogP contribution >= 0.6 is 0 Å². The number of nitrogens with zero attached hydrogens (tertiary/aromatic N) is 2. The zero-order chi connectivity index (χ0) is 34.8. The molecule has 4 rings (SSSR count). The molecule has 11 nitrogen and oxygen atoms in total. The van der Waals surface area contributed by atoms with Crippen LogP contribution in [-0.2, 0) is 14.8 Å². The van der Waals surface area contributed by atoms with Gasteiger partial charge in [0.25, 0.3) is 15.9 Å². The van der Waals surface area contributed by atoms with Crippen molar-refractivity contribution in [1.82, 2.24) is 9.80 Å². The number of sulfonamides is 1. The van der Waals surface area contributed by atoms with Crippen LogP contribution in [0, 0.1) is 11.7 Å². The van der Waals surface area contributed by atoms with E-state index in [1.165, 1.54) is 52.3 Å². The van der Waals surface area contributed by atoms with Crippen molar-refractivity contribution in [1.29, 1.82) is 0 Å². The highest BCUT2D eigenvalue weighted by Crippen LogP contribution is 2.29. The molecule has 0 saturated carbocycles. The monoisotopic (exact) mass is 684 g/mol. The van der Waals surface area contributed by atoms with Gasteiger partial charge in [0.15, 0.2) is 0 Å². The van der Waals surface area contributed by atoms with E-state index in [-0.39, 0.29) is 47.9 Å². The van der Waals surface area contributed by atoms with Crippen LogP contribution in [0.25, 0.3) is 0 Å². The van der Waals surface area contributed by atoms with Crippen LogP contribution in [0.4, 0.5) is 20.6 Å². The van der Waals surface area contributed by atoms with Gasteiger partial charge in [0.05, 0.1) is 35.3 Å². The van der Waals surface area contributed by atoms with Gasteiger partial charge in [-0.2, -0.15) is 0 Å². The molecule has 3 N–H and O–H groups in total. The fourth-order valence-electron chi connectivity index (χ4n) is 5.37. The standard InChI is InChI=1S/C35H45FN4O7S/c1-24-21-40(25(2)23-41)34(42)31-20-29(38-48(44,45)30-11-6-5-7-12-30)17-18-32(31)47-26(3)10-8-9-19-46-33(24)22-39(4)35(43)37-28-15-13-27(36)14-16-28/h5-7,11-18,20,24-26,33,38,41H,8-10,19,21-23H2,1-4H3,(H,37,43)/t24-,25+,26-,33+/m0/s1. The Kier molecular flexibility index (Phi) is 12.8. The summed E-state index contributed by atoms with van der Waals surface area (Å²) < 4.78 is 54.6. The lowest BCUT2D eigenvalue weighted by Gasteiger charge is -2.35. The second-order valence-electron chi connectivity index (χ2n) is 12.2. The molecule has 260 valence electrons. The normalized spacial score (nSPS) is 20.1. The number of carbonyl (C=O) groups is 2. The summed E-state index contributed by atoms with van der Waals surface area (Å²) in [6.07, 6.45) is 1.47. The van der Waals surface area contributed by atoms with Gasteiger partial charge in [-0.1, -0.05) is 25.1 Å². The third-order valence-corrected chi connectivity index (χ3v) is 9.65. The van der Waals surface area contributed by atoms with E-state index in [1.54, 1.807) is 44.3 Å². The second-order valence-corrected chi connectivity index (χ2v) is 13.9. The molecule has 0 aliphatic carbocycles. The zero-order valence-corrected chi connectivity index (χ0v) is 28.6. The van der Waals surface area contributed by atoms with Crippen molar-refractivity contribution in [3.63, 3.8) is 0 Å². The van der Waals surface area contributed by atoms with Crippen LogP contribution in [0.2, 0.25) is 0 Å². The number of rotatable bonds is 8. The first kappa shape index (κ1) is 36.6. The van der Waals surface area contributed by atoms with E-state index in [2.05, 4.69) is 10.0 Å². The number of hydrogen-bond donors (Lipinski definition) is 3. The highest BCUT2D eigenvalue weighted by Gasteiger charge is 2.31. The molecule has 0 unspecified atom stereocenters. The number of aliphatic hydroxyl groups is 1. The molecule has 0 fully saturated rings. The van der Waals surface area contributed by atoms with E-state index in [0.717, 1.165) is 12.8 Å². The molecule has 0 aromatic heterocycles. The molecular formula is C35H45FN4O7S. The smallest absolute Gasteiger partial charge is 0.321 e. The zero-order valence-electron chi connectivity index (χ0n) is 27.8. The topological polar surface area (TPSA) is 138 Å². The molecule has 4 atom stereocenters. The molecule has 3 amide bonds. The molecule has 1 aliphatic rings. The number of halogens is 1. The number of fused-ring (bicyclic) bond motifs is 1. The minimum atomic E-state index is -3.93. The highest BCUT2D eigenvalue weighted by molar-refractivity contribution is 7.92. The van der Waals surface area contributed by atoms with Gasteiger partial charge in [-0.3, -0.25) is 9.52 Å². The molecule has 1 heterocycles. The minimum Gasteiger partial charge on any atom is -0.490 e. The van der Waals surface area contributed by atoms with Crippen molar-refractivity contribution in [3.05, 3.63) is 84.2 Å². The summed E-state index contributed by atoms with van der Waals surface area (Å²) >= 11 is 0. The highest BCUT2D eigenvalue weighted by atomic mass is 32.2. The Hall–Kier alpha value is -4.20. The summed E-state index contributed by atoms with van der Waals surface area (Å²) in [5.41, 5.74) is 0.776. The van der Waals surface area contributed by atoms with E-state index in [1.807, 2.05) is 13.8 Å². The first-order chi connectivity index (χ1) is 22.9. The Balaban J connectivity index is 1.62. The number of benzene rings is 3. The predicted octanol–water partition coefficient (Wildman–Crippen LogP) is 5.59. The number of aliphatic hydroxyl groups excluding tert-OH is 1. The first-order valence-corrected chi connectivity index (χ1v) is 17.6. The summed E-state index contributed by atoms with van der Waals surface area (Å²) in [7, 11) is -2.30. The maximum Gasteiger partial charge on any atom is 0.321 e. The summed E-state index contributed by atoms with van der Waals surface area (Å²) in [5.74, 6) is -0.854. The number of ether oxygens (including phenoxy) is 2. The van der Waals surface area contributed by atoms with E-state index >= 15 is 0 Å². The second kappa shape index (κ2) is 16.8. The number of likely N-dealkylation sites (N-methyl/N-ethyl adjacent to an activating group) is 1. The number of carbonyl (C=O) groups excluding carboxylic acids is 2. The van der Waals surface area contributed by atoms with Gasteiger partial charge in [-0.15, -0.1) is 0 Å². The molecule has 0 spiro atoms. The van der Waals surface area contributed by atoms with Crippen LogP contribution in [-0.4, -0.2) is 86.9 Å². The first-order valence-electron chi connectivity index (χ1n) is 16.1. The van der Waals surface area contributed by atoms with Gasteiger partial charge >= 0.3 is 6.03 Å². The maximum atomic E-state index is 14.3. The van der Waals surface area contributed by atoms with Crippen LogP contribution in [0.3, 0.4) is 0 Å². The number of hydrogen-bond acceptors (Lipinski definition) is 7. The van der Waals surface area contributed by atoms with Gasteiger partial charge in [0, 0.05) is 44.0 Å². The molecular weight excluding hydrogens is 639 g/mol. The molecule has 48 heavy (non-hydrogen) atoms. The maximum absolute atomic E-state index is 14.3. The lowest BCUT2D eigenvalue weighted by atomic mass is 10.0. The number of urea groups is 1. The SMILES string of the molecule is C[C@H](CO)N1C[C@H](C)[C@@H](CN(C)C(=O)Nc2ccc(F)cc2)OCCCC[C@H](C)Oc2ccc(NS(=O)(=O)c3ccccc3)cc2C1=O. The van der Waals surface area contributed by atoms with Crippen molar-refractivity contribution in [2.45, 2.75) is 63.2 Å². The number of amides is 3. The Morgan fingerprint density at radius 2 is 1.75 bits per heavy atom. The Bertz CT molecular complexity index is 1630. The largest absolute Gasteiger partial charge is 0.490 e. The molecule has 0 saturated heterocycles. The molecule has 0 radical (unpaired) electrons. The molecule has 3 aromatic rings. The van der Waals surface area contributed by atoms with Crippen LogP contribution < -0.4 is 14.8 Å². The van der Waals surface area contributed by atoms with E-state index in [9.17, 15) is 27.5 Å². The summed E-state index contributed by atoms with van der Waals surface area (Å²) in [6.45, 7) is 6.00. The average molecular weight is 685 g/mol. The van der Waals surface area contributed by atoms with E-state index in [4.69, 9.17) is 9.47 Å². The predicted molar refractivity (Wildman–Crippen MR) is 182 cm³/mol. The minimum absolute atomic E-state index is 0.0768. The lowest BCUT2D eigenvalue weighted by molar-refractivity contribution is -0.0115. The fraction of sp³-hybridized carbons (Fsp3) is 0.429. The van der Waals surface area contributed by atoms with Gasteiger partial charge < -0.3 is 29.7 Å². The van der Waals surface area contributed by atoms with Crippen LogP contribution in [0.5, 0.6) is 5.75 Å². The summed E-state index contributed by atoms with van der Waals surface area (Å²) in [5, 5.41) is 12.9. The molecule has 1 aliphatic heterocycles. The van der Waals surface area contributed by atoms with Crippen molar-refractivity contribution in [3.8, 4) is 5.75 Å². The van der Waals surface area contributed by atoms with Crippen molar-refractivity contribution in [2.24, 2.45) is 5.92 Å². The van der Waals surface area contributed by atoms with Crippen molar-refractivity contribution in [2.75, 3.05) is 43.4 Å². The number of nitrogens with one attached hydrogen (secondary N) is 2. The van der Waals surface area contributed by atoms with Crippen LogP contribution in [0.15, 0.2) is 77.7 Å². The van der Waals surface area contributed by atoms with E-state index < -0.39 is 39.9 Å². The van der Waals surface area contributed by atoms with Crippen LogP contribution in [0.1, 0.15) is 50.4 Å². The Labute approximate surface area is 282 Å². The molecule has 13 heteroatoms. The van der Waals surface area contributed by atoms with Gasteiger partial charge in [-0.25, -0.2) is 17.6 Å². The average Bonchev–Trinajstić information content (AvgIpc) is 3.07. The number of anilines is 2. The molecule has 0 bridgehead atoms.